The molecule has 3 aliphatic rings. The highest BCUT2D eigenvalue weighted by Crippen LogP contribution is 2.47. The van der Waals surface area contributed by atoms with Crippen LogP contribution < -0.4 is 11.0 Å². The van der Waals surface area contributed by atoms with Crippen molar-refractivity contribution in [3.8, 4) is 0 Å². The average molecular weight is 539 g/mol. The molecule has 1 aromatic carbocycles. The number of ether oxygens (including phenoxy) is 1. The summed E-state index contributed by atoms with van der Waals surface area (Å²) in [6.45, 7) is 7.28. The van der Waals surface area contributed by atoms with Gasteiger partial charge in [0.05, 0.1) is 11.0 Å². The second-order valence-corrected chi connectivity index (χ2v) is 12.9. The van der Waals surface area contributed by atoms with Gasteiger partial charge in [-0.05, 0) is 102 Å². The summed E-state index contributed by atoms with van der Waals surface area (Å²) in [4.78, 5) is 51.7. The summed E-state index contributed by atoms with van der Waals surface area (Å²) in [5, 5.41) is 2.38. The molecule has 1 atom stereocenters. The third-order valence-corrected chi connectivity index (χ3v) is 9.17. The van der Waals surface area contributed by atoms with E-state index in [9.17, 15) is 19.2 Å². The Labute approximate surface area is 229 Å². The fourth-order valence-corrected chi connectivity index (χ4v) is 6.88. The largest absolute Gasteiger partial charge is 0.444 e. The van der Waals surface area contributed by atoms with Crippen molar-refractivity contribution in [1.82, 2.24) is 19.4 Å². The zero-order valence-electron chi connectivity index (χ0n) is 23.8. The van der Waals surface area contributed by atoms with Crippen LogP contribution in [0.15, 0.2) is 23.0 Å². The van der Waals surface area contributed by atoms with E-state index in [1.165, 1.54) is 25.7 Å². The number of carbonyl (C=O) groups is 3. The molecule has 1 saturated carbocycles. The number of hydrogen-bond acceptors (Lipinski definition) is 5. The number of nitrogens with one attached hydrogen (secondary N) is 1. The van der Waals surface area contributed by atoms with E-state index >= 15 is 0 Å². The number of aryl methyl sites for hydroxylation is 2. The van der Waals surface area contributed by atoms with Crippen LogP contribution in [0.5, 0.6) is 0 Å². The number of piperidine rings is 2. The molecule has 9 heteroatoms. The molecule has 2 aromatic rings. The highest BCUT2D eigenvalue weighted by molar-refractivity contribution is 6.00. The zero-order chi connectivity index (χ0) is 27.9. The molecule has 0 bridgehead atoms. The topological polar surface area (TPSA) is 103 Å². The molecule has 2 aliphatic heterocycles. The number of fused-ring (bicyclic) bond motifs is 1. The number of carbonyl (C=O) groups excluding carboxylic acids is 3. The monoisotopic (exact) mass is 538 g/mol. The van der Waals surface area contributed by atoms with Crippen LogP contribution in [-0.2, 0) is 27.8 Å². The summed E-state index contributed by atoms with van der Waals surface area (Å²) in [5.41, 5.74) is 2.43. The van der Waals surface area contributed by atoms with Gasteiger partial charge in [-0.1, -0.05) is 12.1 Å². The summed E-state index contributed by atoms with van der Waals surface area (Å²) in [5.74, 6) is -0.0450. The molecule has 3 heterocycles. The number of para-hydroxylation sites is 1. The molecule has 5 rings (SSSR count). The molecule has 1 aliphatic carbocycles. The van der Waals surface area contributed by atoms with Crippen molar-refractivity contribution in [2.24, 2.45) is 18.4 Å². The van der Waals surface area contributed by atoms with Crippen molar-refractivity contribution >= 4 is 28.9 Å². The lowest BCUT2D eigenvalue weighted by molar-refractivity contribution is -0.135. The maximum atomic E-state index is 13.2. The number of hydrogen-bond donors (Lipinski definition) is 1. The summed E-state index contributed by atoms with van der Waals surface area (Å²) >= 11 is 0. The van der Waals surface area contributed by atoms with Gasteiger partial charge in [0.15, 0.2) is 0 Å². The second kappa shape index (κ2) is 10.5. The van der Waals surface area contributed by atoms with Crippen molar-refractivity contribution in [2.75, 3.05) is 13.1 Å². The van der Waals surface area contributed by atoms with E-state index in [2.05, 4.69) is 11.4 Å². The molecule has 2 saturated heterocycles. The Morgan fingerprint density at radius 1 is 1.05 bits per heavy atom. The highest BCUT2D eigenvalue weighted by Gasteiger charge is 2.40. The van der Waals surface area contributed by atoms with Crippen LogP contribution in [0.4, 0.5) is 4.79 Å². The Morgan fingerprint density at radius 2 is 1.74 bits per heavy atom. The van der Waals surface area contributed by atoms with Crippen molar-refractivity contribution in [3.05, 3.63) is 34.2 Å². The molecule has 39 heavy (non-hydrogen) atoms. The van der Waals surface area contributed by atoms with E-state index < -0.39 is 17.6 Å². The van der Waals surface area contributed by atoms with Gasteiger partial charge in [0.25, 0.3) is 0 Å². The molecule has 1 unspecified atom stereocenters. The van der Waals surface area contributed by atoms with Crippen LogP contribution in [0.3, 0.4) is 0 Å². The van der Waals surface area contributed by atoms with Crippen molar-refractivity contribution in [2.45, 2.75) is 96.6 Å². The van der Waals surface area contributed by atoms with Crippen molar-refractivity contribution < 1.29 is 19.1 Å². The Bertz CT molecular complexity index is 1320. The highest BCUT2D eigenvalue weighted by atomic mass is 16.6. The quantitative estimate of drug-likeness (QED) is 0.579. The normalized spacial score (nSPS) is 22.4. The van der Waals surface area contributed by atoms with Gasteiger partial charge in [-0.25, -0.2) is 9.59 Å². The van der Waals surface area contributed by atoms with Gasteiger partial charge >= 0.3 is 11.8 Å². The SMILES string of the molecule is Cn1c(=O)n(C2CCC(=O)NC2=O)c2cccc(CCC3CCC4(CC3)CCN(C(=O)OC(C)(C)C)CC4)c21. The van der Waals surface area contributed by atoms with Gasteiger partial charge in [0, 0.05) is 26.6 Å². The predicted molar refractivity (Wildman–Crippen MR) is 148 cm³/mol. The second-order valence-electron chi connectivity index (χ2n) is 12.9. The van der Waals surface area contributed by atoms with Crippen LogP contribution in [0.2, 0.25) is 0 Å². The van der Waals surface area contributed by atoms with Crippen molar-refractivity contribution in [1.29, 1.82) is 0 Å². The van der Waals surface area contributed by atoms with E-state index in [0.29, 0.717) is 17.8 Å². The fourth-order valence-electron chi connectivity index (χ4n) is 6.88. The minimum absolute atomic E-state index is 0.193. The lowest BCUT2D eigenvalue weighted by atomic mass is 9.65. The number of likely N-dealkylation sites (tertiary alicyclic amines) is 1. The smallest absolute Gasteiger partial charge is 0.410 e. The summed E-state index contributed by atoms with van der Waals surface area (Å²) in [6, 6.07) is 5.30. The first-order chi connectivity index (χ1) is 18.5. The number of amides is 3. The lowest BCUT2D eigenvalue weighted by Crippen LogP contribution is -2.46. The van der Waals surface area contributed by atoms with Gasteiger partial charge < -0.3 is 9.64 Å². The van der Waals surface area contributed by atoms with E-state index in [0.717, 1.165) is 55.4 Å². The first-order valence-corrected chi connectivity index (χ1v) is 14.5. The van der Waals surface area contributed by atoms with Crippen LogP contribution in [-0.4, -0.2) is 50.6 Å². The van der Waals surface area contributed by atoms with E-state index in [1.807, 2.05) is 37.8 Å². The van der Waals surface area contributed by atoms with Gasteiger partial charge in [-0.3, -0.25) is 24.0 Å². The molecule has 1 spiro atoms. The van der Waals surface area contributed by atoms with Crippen LogP contribution >= 0.6 is 0 Å². The van der Waals surface area contributed by atoms with Crippen LogP contribution in [0, 0.1) is 11.3 Å². The minimum atomic E-state index is -0.662. The molecule has 3 fully saturated rings. The Balaban J connectivity index is 1.20. The van der Waals surface area contributed by atoms with Crippen molar-refractivity contribution in [3.63, 3.8) is 0 Å². The maximum absolute atomic E-state index is 13.2. The Kier molecular flexibility index (Phi) is 7.37. The third-order valence-electron chi connectivity index (χ3n) is 9.17. The minimum Gasteiger partial charge on any atom is -0.444 e. The van der Waals surface area contributed by atoms with Gasteiger partial charge in [0.1, 0.15) is 11.6 Å². The zero-order valence-corrected chi connectivity index (χ0v) is 23.8. The number of imidazole rings is 1. The molecule has 212 valence electrons. The first kappa shape index (κ1) is 27.5. The van der Waals surface area contributed by atoms with Gasteiger partial charge in [-0.2, -0.15) is 0 Å². The van der Waals surface area contributed by atoms with E-state index in [4.69, 9.17) is 4.74 Å². The standard InChI is InChI=1S/C30H42N4O5/c1-29(2,3)39-28(38)33-18-16-30(17-19-33)14-12-20(13-15-30)8-9-21-6-5-7-22-25(21)32(4)27(37)34(22)23-10-11-24(35)31-26(23)36/h5-7,20,23H,8-19H2,1-4H3,(H,31,35,36). The molecule has 0 radical (unpaired) electrons. The molecule has 3 amide bonds. The molecule has 9 nitrogen and oxygen atoms in total. The first-order valence-electron chi connectivity index (χ1n) is 14.5. The van der Waals surface area contributed by atoms with Crippen LogP contribution in [0.25, 0.3) is 11.0 Å². The molecular formula is C30H42N4O5. The summed E-state index contributed by atoms with van der Waals surface area (Å²) in [7, 11) is 1.77. The summed E-state index contributed by atoms with van der Waals surface area (Å²) < 4.78 is 8.79. The Morgan fingerprint density at radius 3 is 2.38 bits per heavy atom. The number of nitrogens with zero attached hydrogens (tertiary/aromatic N) is 3. The number of imide groups is 1. The number of rotatable bonds is 4. The maximum Gasteiger partial charge on any atom is 0.410 e. The third kappa shape index (κ3) is 5.63. The van der Waals surface area contributed by atoms with E-state index in [-0.39, 0.29) is 24.1 Å². The number of aromatic nitrogens is 2. The fraction of sp³-hybridized carbons (Fsp3) is 0.667. The van der Waals surface area contributed by atoms with Gasteiger partial charge in [-0.15, -0.1) is 0 Å². The molecule has 1 N–H and O–H groups in total. The Hall–Kier alpha value is -3.10. The summed E-state index contributed by atoms with van der Waals surface area (Å²) in [6.07, 6.45) is 9.23. The van der Waals surface area contributed by atoms with E-state index in [1.54, 1.807) is 16.2 Å². The molecule has 1 aromatic heterocycles. The average Bonchev–Trinajstić information content (AvgIpc) is 3.13. The number of benzene rings is 1. The molecular weight excluding hydrogens is 496 g/mol. The predicted octanol–water partition coefficient (Wildman–Crippen LogP) is 4.46. The van der Waals surface area contributed by atoms with Gasteiger partial charge in [0.2, 0.25) is 11.8 Å². The van der Waals surface area contributed by atoms with Crippen LogP contribution in [0.1, 0.15) is 90.2 Å². The lowest BCUT2D eigenvalue weighted by Gasteiger charge is -2.46.